The van der Waals surface area contributed by atoms with Crippen molar-refractivity contribution in [1.29, 1.82) is 0 Å². The van der Waals surface area contributed by atoms with Gasteiger partial charge in [0.15, 0.2) is 0 Å². The van der Waals surface area contributed by atoms with E-state index < -0.39 is 0 Å². The number of hydrogen-bond donors (Lipinski definition) is 0. The van der Waals surface area contributed by atoms with Crippen molar-refractivity contribution in [2.45, 2.75) is 33.1 Å². The van der Waals surface area contributed by atoms with Gasteiger partial charge < -0.3 is 4.74 Å². The van der Waals surface area contributed by atoms with Gasteiger partial charge in [-0.3, -0.25) is 0 Å². The van der Waals surface area contributed by atoms with Crippen molar-refractivity contribution in [3.8, 4) is 5.75 Å². The van der Waals surface area contributed by atoms with Crippen LogP contribution in [0.4, 0.5) is 0 Å². The molecule has 2 rings (SSSR count). The summed E-state index contributed by atoms with van der Waals surface area (Å²) in [5.74, 6) is 0.744. The lowest BCUT2D eigenvalue weighted by Gasteiger charge is -2.08. The van der Waals surface area contributed by atoms with Gasteiger partial charge in [0.2, 0.25) is 0 Å². The van der Waals surface area contributed by atoms with Crippen LogP contribution in [0.1, 0.15) is 38.7 Å². The molecule has 2 heteroatoms. The molecule has 1 aliphatic carbocycles. The second-order valence-electron chi connectivity index (χ2n) is 5.41. The number of allylic oxidation sites excluding steroid dienone is 3. The van der Waals surface area contributed by atoms with Gasteiger partial charge in [0.05, 0.1) is 0 Å². The van der Waals surface area contributed by atoms with Crippen molar-refractivity contribution in [2.75, 3.05) is 0 Å². The van der Waals surface area contributed by atoms with E-state index in [1.54, 1.807) is 12.5 Å². The highest BCUT2D eigenvalue weighted by Crippen LogP contribution is 2.29. The maximum absolute atomic E-state index is 11.4. The van der Waals surface area contributed by atoms with E-state index in [4.69, 9.17) is 4.74 Å². The van der Waals surface area contributed by atoms with Gasteiger partial charge in [-0.2, -0.15) is 0 Å². The topological polar surface area (TPSA) is 26.3 Å². The van der Waals surface area contributed by atoms with Gasteiger partial charge in [-0.15, -0.1) is 0 Å². The van der Waals surface area contributed by atoms with Crippen LogP contribution in [0.3, 0.4) is 0 Å². The van der Waals surface area contributed by atoms with Crippen LogP contribution in [0.2, 0.25) is 0 Å². The zero-order valence-electron chi connectivity index (χ0n) is 12.8. The molecule has 1 aliphatic rings. The summed E-state index contributed by atoms with van der Waals surface area (Å²) in [6.45, 7) is 7.42. The molecule has 0 aromatic heterocycles. The number of ether oxygens (including phenoxy) is 1. The minimum atomic E-state index is -0.387. The van der Waals surface area contributed by atoms with E-state index in [-0.39, 0.29) is 5.97 Å². The molecule has 0 N–H and O–H groups in total. The van der Waals surface area contributed by atoms with Gasteiger partial charge in [0.25, 0.3) is 0 Å². The largest absolute Gasteiger partial charge is 0.423 e. The number of esters is 1. The lowest BCUT2D eigenvalue weighted by molar-refractivity contribution is -0.130. The highest BCUT2D eigenvalue weighted by atomic mass is 16.5. The first kappa shape index (κ1) is 15.3. The van der Waals surface area contributed by atoms with Crippen molar-refractivity contribution in [3.63, 3.8) is 0 Å². The minimum Gasteiger partial charge on any atom is -0.423 e. The molecule has 1 aromatic carbocycles. The number of hydrogen-bond acceptors (Lipinski definition) is 2. The Labute approximate surface area is 126 Å². The fraction of sp³-hybridized carbons (Fsp3) is 0.316. The van der Waals surface area contributed by atoms with E-state index in [2.05, 4.69) is 31.7 Å². The van der Waals surface area contributed by atoms with E-state index in [0.29, 0.717) is 17.2 Å². The second kappa shape index (κ2) is 7.07. The van der Waals surface area contributed by atoms with Crippen LogP contribution >= 0.6 is 0 Å². The van der Waals surface area contributed by atoms with Gasteiger partial charge in [0.1, 0.15) is 5.75 Å². The normalized spacial score (nSPS) is 17.8. The third-order valence-electron chi connectivity index (χ3n) is 3.73. The van der Waals surface area contributed by atoms with E-state index in [1.807, 2.05) is 24.3 Å². The Hall–Kier alpha value is -2.09. The molecule has 0 fully saturated rings. The zero-order valence-corrected chi connectivity index (χ0v) is 12.8. The number of benzene rings is 1. The highest BCUT2D eigenvalue weighted by Gasteiger charge is 2.14. The van der Waals surface area contributed by atoms with Crippen LogP contribution in [-0.2, 0) is 4.79 Å². The lowest BCUT2D eigenvalue weighted by atomic mass is 9.98. The van der Waals surface area contributed by atoms with E-state index in [9.17, 15) is 4.79 Å². The van der Waals surface area contributed by atoms with E-state index >= 15 is 0 Å². The summed E-state index contributed by atoms with van der Waals surface area (Å²) >= 11 is 0. The van der Waals surface area contributed by atoms with Gasteiger partial charge in [-0.25, -0.2) is 4.79 Å². The van der Waals surface area contributed by atoms with Gasteiger partial charge >= 0.3 is 5.97 Å². The molecule has 1 atom stereocenters. The number of rotatable bonds is 5. The fourth-order valence-electron chi connectivity index (χ4n) is 2.48. The predicted octanol–water partition coefficient (Wildman–Crippen LogP) is 4.93. The zero-order chi connectivity index (χ0) is 15.2. The quantitative estimate of drug-likeness (QED) is 0.331. The maximum Gasteiger partial charge on any atom is 0.338 e. The molecule has 21 heavy (non-hydrogen) atoms. The number of carbonyl (C=O) groups excluding carboxylic acids is 1. The third-order valence-corrected chi connectivity index (χ3v) is 3.73. The summed E-state index contributed by atoms with van der Waals surface area (Å²) < 4.78 is 5.17. The smallest absolute Gasteiger partial charge is 0.338 e. The Kier molecular flexibility index (Phi) is 5.15. The first-order valence-corrected chi connectivity index (χ1v) is 7.45. The van der Waals surface area contributed by atoms with Gasteiger partial charge in [-0.1, -0.05) is 49.4 Å². The predicted molar refractivity (Wildman–Crippen MR) is 87.0 cm³/mol. The average Bonchev–Trinajstić information content (AvgIpc) is 2.94. The molecule has 0 saturated carbocycles. The summed E-state index contributed by atoms with van der Waals surface area (Å²) in [5.41, 5.74) is 3.06. The average molecular weight is 282 g/mol. The Bertz CT molecular complexity index is 576. The molecule has 0 saturated heterocycles. The molecule has 1 unspecified atom stereocenters. The Balaban J connectivity index is 1.98. The van der Waals surface area contributed by atoms with Crippen LogP contribution in [0.5, 0.6) is 5.75 Å². The van der Waals surface area contributed by atoms with Crippen LogP contribution < -0.4 is 4.74 Å². The van der Waals surface area contributed by atoms with Gasteiger partial charge in [0, 0.05) is 5.57 Å². The second-order valence-corrected chi connectivity index (χ2v) is 5.41. The maximum atomic E-state index is 11.4. The first-order chi connectivity index (χ1) is 10.1. The van der Waals surface area contributed by atoms with E-state index in [0.717, 1.165) is 12.0 Å². The molecule has 110 valence electrons. The minimum absolute atomic E-state index is 0.387. The molecule has 0 amide bonds. The first-order valence-electron chi connectivity index (χ1n) is 7.45. The molecule has 0 heterocycles. The summed E-state index contributed by atoms with van der Waals surface area (Å²) in [6.07, 6.45) is 10.3. The number of carbonyl (C=O) groups is 1. The van der Waals surface area contributed by atoms with Crippen molar-refractivity contribution in [1.82, 2.24) is 0 Å². The highest BCUT2D eigenvalue weighted by molar-refractivity contribution is 5.88. The SMILES string of the molecule is C=C(C)C(=O)Oc1ccc(C=CC2CCC=C2CC)cc1. The summed E-state index contributed by atoms with van der Waals surface area (Å²) in [6, 6.07) is 7.54. The van der Waals surface area contributed by atoms with Crippen molar-refractivity contribution in [3.05, 3.63) is 59.7 Å². The molecule has 2 nitrogen and oxygen atoms in total. The van der Waals surface area contributed by atoms with Crippen LogP contribution in [-0.4, -0.2) is 5.97 Å². The molecule has 0 radical (unpaired) electrons. The Morgan fingerprint density at radius 2 is 2.10 bits per heavy atom. The van der Waals surface area contributed by atoms with Crippen LogP contribution in [0, 0.1) is 5.92 Å². The van der Waals surface area contributed by atoms with Crippen LogP contribution in [0.15, 0.2) is 54.1 Å². The van der Waals surface area contributed by atoms with Crippen molar-refractivity contribution >= 4 is 12.0 Å². The molecule has 0 aliphatic heterocycles. The summed E-state index contributed by atoms with van der Waals surface area (Å²) in [7, 11) is 0. The molecular weight excluding hydrogens is 260 g/mol. The Morgan fingerprint density at radius 1 is 1.38 bits per heavy atom. The molecule has 0 spiro atoms. The van der Waals surface area contributed by atoms with E-state index in [1.165, 1.54) is 12.8 Å². The summed E-state index contributed by atoms with van der Waals surface area (Å²) in [4.78, 5) is 11.4. The van der Waals surface area contributed by atoms with Crippen molar-refractivity contribution in [2.24, 2.45) is 5.92 Å². The fourth-order valence-corrected chi connectivity index (χ4v) is 2.48. The molecular formula is C19H22O2. The molecule has 0 bridgehead atoms. The Morgan fingerprint density at radius 3 is 2.71 bits per heavy atom. The van der Waals surface area contributed by atoms with Crippen LogP contribution in [0.25, 0.3) is 6.08 Å². The lowest BCUT2D eigenvalue weighted by Crippen LogP contribution is -2.07. The standard InChI is InChI=1S/C19H22O2/c1-4-16-6-5-7-17(16)11-8-15-9-12-18(13-10-15)21-19(20)14(2)3/h6,8-13,17H,2,4-5,7H2,1,3H3. The molecule has 1 aromatic rings. The summed E-state index contributed by atoms with van der Waals surface area (Å²) in [5, 5.41) is 0. The third kappa shape index (κ3) is 4.19. The van der Waals surface area contributed by atoms with Gasteiger partial charge in [-0.05, 0) is 49.8 Å². The van der Waals surface area contributed by atoms with Crippen molar-refractivity contribution < 1.29 is 9.53 Å². The monoisotopic (exact) mass is 282 g/mol.